The van der Waals surface area contributed by atoms with Gasteiger partial charge in [0.05, 0.1) is 25.7 Å². The molecule has 0 saturated carbocycles. The summed E-state index contributed by atoms with van der Waals surface area (Å²) in [4.78, 5) is 27.2. The van der Waals surface area contributed by atoms with E-state index in [2.05, 4.69) is 10.2 Å². The second kappa shape index (κ2) is 8.27. The zero-order valence-electron chi connectivity index (χ0n) is 15.0. The molecule has 27 heavy (non-hydrogen) atoms. The largest absolute Gasteiger partial charge is 0.493 e. The number of fused-ring (bicyclic) bond motifs is 1. The summed E-state index contributed by atoms with van der Waals surface area (Å²) in [7, 11) is 1.50. The van der Waals surface area contributed by atoms with Crippen LogP contribution in [0.5, 0.6) is 17.2 Å². The number of benzene rings is 2. The number of nitrogens with zero attached hydrogens (tertiary/aromatic N) is 2. The number of esters is 1. The molecule has 7 heteroatoms. The van der Waals surface area contributed by atoms with Crippen molar-refractivity contribution in [2.75, 3.05) is 13.7 Å². The van der Waals surface area contributed by atoms with Crippen LogP contribution in [0.1, 0.15) is 12.5 Å². The summed E-state index contributed by atoms with van der Waals surface area (Å²) in [5.74, 6) is 0.808. The molecule has 0 aliphatic rings. The zero-order valence-corrected chi connectivity index (χ0v) is 15.0. The fraction of sp³-hybridized carbons (Fsp3) is 0.200. The molecule has 0 N–H and O–H groups in total. The van der Waals surface area contributed by atoms with E-state index in [1.54, 1.807) is 55.6 Å². The summed E-state index contributed by atoms with van der Waals surface area (Å²) in [5, 5.41) is 3.71. The van der Waals surface area contributed by atoms with Gasteiger partial charge in [-0.05, 0) is 54.1 Å². The summed E-state index contributed by atoms with van der Waals surface area (Å²) in [6.07, 6.45) is 1.77. The minimum Gasteiger partial charge on any atom is -0.493 e. The van der Waals surface area contributed by atoms with Gasteiger partial charge in [-0.2, -0.15) is 0 Å². The van der Waals surface area contributed by atoms with Crippen molar-refractivity contribution in [1.82, 2.24) is 4.98 Å². The number of hydrogen-bond donors (Lipinski definition) is 0. The predicted octanol–water partition coefficient (Wildman–Crippen LogP) is 4.54. The number of carbonyl (C=O) groups excluding carboxylic acids is 1. The number of aromatic nitrogens is 1. The normalized spacial score (nSPS) is 10.4. The van der Waals surface area contributed by atoms with Crippen molar-refractivity contribution in [3.63, 3.8) is 0 Å². The van der Waals surface area contributed by atoms with Crippen LogP contribution in [0.2, 0.25) is 0 Å². The van der Waals surface area contributed by atoms with Crippen molar-refractivity contribution in [1.29, 1.82) is 0 Å². The fourth-order valence-electron chi connectivity index (χ4n) is 2.70. The number of pyridine rings is 1. The third-order valence-electron chi connectivity index (χ3n) is 3.91. The standard InChI is InChI=1S/C20H18N2O5/c1-3-26-19(23)12-13-6-8-16(18(11-13)25-2)27-17-9-7-15-14(20(17)22-24)5-4-10-21-15/h4-11H,3,12H2,1-2H3. The minimum atomic E-state index is -0.317. The molecular weight excluding hydrogens is 348 g/mol. The highest BCUT2D eigenvalue weighted by atomic mass is 16.5. The Morgan fingerprint density at radius 1 is 1.11 bits per heavy atom. The van der Waals surface area contributed by atoms with Gasteiger partial charge in [0.2, 0.25) is 0 Å². The Bertz CT molecular complexity index is 987. The lowest BCUT2D eigenvalue weighted by atomic mass is 10.1. The number of nitroso groups, excluding NO2 is 1. The molecule has 0 spiro atoms. The van der Waals surface area contributed by atoms with Gasteiger partial charge in [0, 0.05) is 11.6 Å². The number of carbonyl (C=O) groups is 1. The summed E-state index contributed by atoms with van der Waals surface area (Å²) >= 11 is 0. The van der Waals surface area contributed by atoms with E-state index in [0.29, 0.717) is 34.8 Å². The Balaban J connectivity index is 1.92. The SMILES string of the molecule is CCOC(=O)Cc1ccc(Oc2ccc3ncccc3c2N=O)c(OC)c1. The van der Waals surface area contributed by atoms with Crippen molar-refractivity contribution in [2.24, 2.45) is 5.18 Å². The topological polar surface area (TPSA) is 87.1 Å². The summed E-state index contributed by atoms with van der Waals surface area (Å²) in [6, 6.07) is 12.0. The number of rotatable bonds is 7. The maximum atomic E-state index is 11.6. The van der Waals surface area contributed by atoms with E-state index in [9.17, 15) is 9.70 Å². The van der Waals surface area contributed by atoms with E-state index in [1.165, 1.54) is 7.11 Å². The lowest BCUT2D eigenvalue weighted by molar-refractivity contribution is -0.142. The monoisotopic (exact) mass is 366 g/mol. The van der Waals surface area contributed by atoms with Crippen LogP contribution in [0.25, 0.3) is 10.9 Å². The first kappa shape index (κ1) is 18.3. The highest BCUT2D eigenvalue weighted by Gasteiger charge is 2.15. The van der Waals surface area contributed by atoms with Crippen LogP contribution in [0.15, 0.2) is 53.8 Å². The van der Waals surface area contributed by atoms with Gasteiger partial charge in [0.1, 0.15) is 0 Å². The van der Waals surface area contributed by atoms with Gasteiger partial charge < -0.3 is 14.2 Å². The molecule has 0 unspecified atom stereocenters. The molecule has 2 aromatic carbocycles. The van der Waals surface area contributed by atoms with Gasteiger partial charge in [-0.25, -0.2) is 0 Å². The molecule has 0 radical (unpaired) electrons. The Morgan fingerprint density at radius 2 is 1.93 bits per heavy atom. The average molecular weight is 366 g/mol. The first-order chi connectivity index (χ1) is 13.2. The van der Waals surface area contributed by atoms with Crippen LogP contribution >= 0.6 is 0 Å². The van der Waals surface area contributed by atoms with Crippen molar-refractivity contribution in [2.45, 2.75) is 13.3 Å². The van der Waals surface area contributed by atoms with Gasteiger partial charge in [-0.1, -0.05) is 6.07 Å². The van der Waals surface area contributed by atoms with Crippen LogP contribution in [-0.2, 0) is 16.0 Å². The van der Waals surface area contributed by atoms with Crippen LogP contribution in [0.4, 0.5) is 5.69 Å². The first-order valence-corrected chi connectivity index (χ1v) is 8.37. The van der Waals surface area contributed by atoms with Crippen LogP contribution in [-0.4, -0.2) is 24.7 Å². The molecule has 0 fully saturated rings. The molecule has 3 aromatic rings. The Kier molecular flexibility index (Phi) is 5.61. The second-order valence-corrected chi connectivity index (χ2v) is 5.64. The molecule has 1 aromatic heterocycles. The Hall–Kier alpha value is -3.48. The Morgan fingerprint density at radius 3 is 2.67 bits per heavy atom. The van der Waals surface area contributed by atoms with Gasteiger partial charge in [-0.3, -0.25) is 9.78 Å². The first-order valence-electron chi connectivity index (χ1n) is 8.37. The lowest BCUT2D eigenvalue weighted by Crippen LogP contribution is -2.07. The molecule has 0 saturated heterocycles. The molecule has 1 heterocycles. The maximum absolute atomic E-state index is 11.6. The minimum absolute atomic E-state index is 0.132. The number of methoxy groups -OCH3 is 1. The fourth-order valence-corrected chi connectivity index (χ4v) is 2.70. The highest BCUT2D eigenvalue weighted by Crippen LogP contribution is 2.40. The van der Waals surface area contributed by atoms with Gasteiger partial charge >= 0.3 is 5.97 Å². The third-order valence-corrected chi connectivity index (χ3v) is 3.91. The average Bonchev–Trinajstić information content (AvgIpc) is 2.69. The molecule has 0 aliphatic carbocycles. The smallest absolute Gasteiger partial charge is 0.310 e. The summed E-state index contributed by atoms with van der Waals surface area (Å²) < 4.78 is 16.2. The van der Waals surface area contributed by atoms with Gasteiger partial charge in [0.25, 0.3) is 0 Å². The van der Waals surface area contributed by atoms with Crippen molar-refractivity contribution >= 4 is 22.6 Å². The predicted molar refractivity (Wildman–Crippen MR) is 101 cm³/mol. The number of hydrogen-bond acceptors (Lipinski definition) is 7. The van der Waals surface area contributed by atoms with E-state index in [1.807, 2.05) is 0 Å². The second-order valence-electron chi connectivity index (χ2n) is 5.64. The maximum Gasteiger partial charge on any atom is 0.310 e. The molecule has 0 amide bonds. The van der Waals surface area contributed by atoms with E-state index >= 15 is 0 Å². The number of ether oxygens (including phenoxy) is 3. The lowest BCUT2D eigenvalue weighted by Gasteiger charge is -2.13. The highest BCUT2D eigenvalue weighted by molar-refractivity contribution is 5.93. The van der Waals surface area contributed by atoms with Crippen LogP contribution < -0.4 is 9.47 Å². The van der Waals surface area contributed by atoms with E-state index in [-0.39, 0.29) is 18.1 Å². The Labute approximate surface area is 155 Å². The van der Waals surface area contributed by atoms with Gasteiger partial charge in [0.15, 0.2) is 22.9 Å². The van der Waals surface area contributed by atoms with E-state index in [4.69, 9.17) is 14.2 Å². The third kappa shape index (κ3) is 4.03. The van der Waals surface area contributed by atoms with Crippen molar-refractivity contribution < 1.29 is 19.0 Å². The molecule has 3 rings (SSSR count). The zero-order chi connectivity index (χ0) is 19.2. The van der Waals surface area contributed by atoms with Crippen molar-refractivity contribution in [3.8, 4) is 17.2 Å². The van der Waals surface area contributed by atoms with E-state index < -0.39 is 0 Å². The molecular formula is C20H18N2O5. The van der Waals surface area contributed by atoms with Gasteiger partial charge in [-0.15, -0.1) is 4.91 Å². The molecule has 7 nitrogen and oxygen atoms in total. The van der Waals surface area contributed by atoms with Crippen LogP contribution in [0.3, 0.4) is 0 Å². The summed E-state index contributed by atoms with van der Waals surface area (Å²) in [6.45, 7) is 2.09. The summed E-state index contributed by atoms with van der Waals surface area (Å²) in [5.41, 5.74) is 1.54. The molecule has 0 aliphatic heterocycles. The van der Waals surface area contributed by atoms with Crippen LogP contribution in [0, 0.1) is 4.91 Å². The van der Waals surface area contributed by atoms with E-state index in [0.717, 1.165) is 5.56 Å². The molecule has 0 bridgehead atoms. The molecule has 0 atom stereocenters. The van der Waals surface area contributed by atoms with Crippen molar-refractivity contribution in [3.05, 3.63) is 59.1 Å². The molecule has 138 valence electrons. The quantitative estimate of drug-likeness (QED) is 0.451.